The smallest absolute Gasteiger partial charge is 0.410 e. The van der Waals surface area contributed by atoms with Gasteiger partial charge in [-0.25, -0.2) is 14.6 Å². The van der Waals surface area contributed by atoms with Crippen molar-refractivity contribution in [3.63, 3.8) is 0 Å². The minimum atomic E-state index is -0.548. The summed E-state index contributed by atoms with van der Waals surface area (Å²) in [5.74, 6) is 0.579. The van der Waals surface area contributed by atoms with Crippen molar-refractivity contribution in [2.75, 3.05) is 13.1 Å². The lowest BCUT2D eigenvalue weighted by atomic mass is 9.98. The molecule has 3 rings (SSSR count). The first kappa shape index (κ1) is 18.2. The molecule has 0 aromatic carbocycles. The molecule has 1 aliphatic heterocycles. The fourth-order valence-corrected chi connectivity index (χ4v) is 3.23. The molecule has 9 heteroatoms. The van der Waals surface area contributed by atoms with Crippen LogP contribution < -0.4 is 11.2 Å². The van der Waals surface area contributed by atoms with Crippen molar-refractivity contribution in [3.05, 3.63) is 26.7 Å². The lowest BCUT2D eigenvalue weighted by Crippen LogP contribution is -2.42. The molecular formula is C17H25N5O4. The van der Waals surface area contributed by atoms with Gasteiger partial charge in [0.05, 0.1) is 0 Å². The Morgan fingerprint density at radius 2 is 1.92 bits per heavy atom. The molecule has 0 radical (unpaired) electrons. The molecule has 0 saturated carbocycles. The second kappa shape index (κ2) is 6.30. The van der Waals surface area contributed by atoms with E-state index >= 15 is 0 Å². The number of amides is 1. The highest BCUT2D eigenvalue weighted by molar-refractivity contribution is 5.70. The van der Waals surface area contributed by atoms with Crippen LogP contribution in [0.1, 0.15) is 45.4 Å². The van der Waals surface area contributed by atoms with Gasteiger partial charge in [0.15, 0.2) is 5.65 Å². The molecule has 0 bridgehead atoms. The summed E-state index contributed by atoms with van der Waals surface area (Å²) >= 11 is 0. The highest BCUT2D eigenvalue weighted by Gasteiger charge is 2.30. The van der Waals surface area contributed by atoms with Crippen LogP contribution in [0.2, 0.25) is 0 Å². The van der Waals surface area contributed by atoms with Crippen LogP contribution >= 0.6 is 0 Å². The number of aromatic amines is 1. The number of aromatic nitrogens is 4. The topological polar surface area (TPSA) is 102 Å². The fourth-order valence-electron chi connectivity index (χ4n) is 3.23. The molecule has 1 N–H and O–H groups in total. The van der Waals surface area contributed by atoms with Gasteiger partial charge >= 0.3 is 11.8 Å². The number of carbonyl (C=O) groups excluding carboxylic acids is 1. The van der Waals surface area contributed by atoms with Gasteiger partial charge in [-0.1, -0.05) is 0 Å². The highest BCUT2D eigenvalue weighted by atomic mass is 16.6. The molecule has 2 aromatic rings. The first-order valence-corrected chi connectivity index (χ1v) is 8.72. The van der Waals surface area contributed by atoms with Gasteiger partial charge in [-0.15, -0.1) is 0 Å². The molecule has 26 heavy (non-hydrogen) atoms. The molecular weight excluding hydrogens is 338 g/mol. The third kappa shape index (κ3) is 3.25. The van der Waals surface area contributed by atoms with E-state index in [0.29, 0.717) is 30.1 Å². The van der Waals surface area contributed by atoms with Crippen LogP contribution in [0.25, 0.3) is 11.2 Å². The molecule has 1 fully saturated rings. The van der Waals surface area contributed by atoms with E-state index in [-0.39, 0.29) is 12.0 Å². The third-order valence-corrected chi connectivity index (χ3v) is 4.57. The molecule has 9 nitrogen and oxygen atoms in total. The molecule has 2 aromatic heterocycles. The van der Waals surface area contributed by atoms with E-state index in [1.165, 1.54) is 11.6 Å². The van der Waals surface area contributed by atoms with Gasteiger partial charge in [0, 0.05) is 33.1 Å². The van der Waals surface area contributed by atoms with Gasteiger partial charge in [0.25, 0.3) is 5.56 Å². The number of fused-ring (bicyclic) bond motifs is 1. The van der Waals surface area contributed by atoms with Gasteiger partial charge in [-0.3, -0.25) is 13.9 Å². The molecule has 3 heterocycles. The Bertz CT molecular complexity index is 962. The number of H-pyrrole nitrogens is 1. The van der Waals surface area contributed by atoms with Gasteiger partial charge in [-0.05, 0) is 33.6 Å². The van der Waals surface area contributed by atoms with Crippen molar-refractivity contribution in [1.82, 2.24) is 24.0 Å². The average molecular weight is 363 g/mol. The van der Waals surface area contributed by atoms with Gasteiger partial charge < -0.3 is 14.6 Å². The Morgan fingerprint density at radius 1 is 1.23 bits per heavy atom. The largest absolute Gasteiger partial charge is 0.444 e. The standard InChI is InChI=1S/C17H25N5O4/c1-17(2,3)26-16(25)22-8-6-7-10(9-22)12-18-11-13(19-12)20(4)15(24)21(5)14(11)23/h10H,6-9H2,1-5H3,(H,18,19). The molecule has 0 spiro atoms. The number of carbonyl (C=O) groups is 1. The van der Waals surface area contributed by atoms with Crippen molar-refractivity contribution in [3.8, 4) is 0 Å². The maximum atomic E-state index is 12.3. The lowest BCUT2D eigenvalue weighted by molar-refractivity contribution is 0.0196. The zero-order valence-electron chi connectivity index (χ0n) is 15.8. The number of nitrogens with zero attached hydrogens (tertiary/aromatic N) is 4. The zero-order valence-corrected chi connectivity index (χ0v) is 15.8. The second-order valence-electron chi connectivity index (χ2n) is 7.79. The Labute approximate surface area is 150 Å². The molecule has 142 valence electrons. The number of hydrogen-bond acceptors (Lipinski definition) is 5. The number of imidazole rings is 1. The summed E-state index contributed by atoms with van der Waals surface area (Å²) < 4.78 is 7.85. The van der Waals surface area contributed by atoms with Gasteiger partial charge in [0.2, 0.25) is 0 Å². The number of ether oxygens (including phenoxy) is 1. The summed E-state index contributed by atoms with van der Waals surface area (Å²) in [5, 5.41) is 0. The Kier molecular flexibility index (Phi) is 4.41. The molecule has 0 aliphatic carbocycles. The minimum Gasteiger partial charge on any atom is -0.444 e. The van der Waals surface area contributed by atoms with Gasteiger partial charge in [-0.2, -0.15) is 0 Å². The Balaban J connectivity index is 1.91. The summed E-state index contributed by atoms with van der Waals surface area (Å²) in [4.78, 5) is 45.9. The highest BCUT2D eigenvalue weighted by Crippen LogP contribution is 2.27. The Morgan fingerprint density at radius 3 is 2.58 bits per heavy atom. The number of piperidine rings is 1. The predicted octanol–water partition coefficient (Wildman–Crippen LogP) is 1.07. The summed E-state index contributed by atoms with van der Waals surface area (Å²) in [7, 11) is 3.03. The van der Waals surface area contributed by atoms with E-state index < -0.39 is 16.9 Å². The maximum Gasteiger partial charge on any atom is 0.410 e. The SMILES string of the molecule is Cn1c(=O)c2[nH]c(C3CCCN(C(=O)OC(C)(C)C)C3)nc2n(C)c1=O. The van der Waals surface area contributed by atoms with E-state index in [1.54, 1.807) is 11.9 Å². The van der Waals surface area contributed by atoms with E-state index in [2.05, 4.69) is 9.97 Å². The van der Waals surface area contributed by atoms with Crippen LogP contribution in [0.15, 0.2) is 9.59 Å². The van der Waals surface area contributed by atoms with E-state index in [9.17, 15) is 14.4 Å². The number of nitrogens with one attached hydrogen (secondary N) is 1. The molecule has 1 aliphatic rings. The lowest BCUT2D eigenvalue weighted by Gasteiger charge is -2.33. The summed E-state index contributed by atoms with van der Waals surface area (Å²) in [6, 6.07) is 0. The summed E-state index contributed by atoms with van der Waals surface area (Å²) in [5.41, 5.74) is -0.726. The van der Waals surface area contributed by atoms with Crippen LogP contribution in [0.5, 0.6) is 0 Å². The van der Waals surface area contributed by atoms with Crippen LogP contribution in [-0.4, -0.2) is 48.8 Å². The van der Waals surface area contributed by atoms with E-state index in [1.807, 2.05) is 20.8 Å². The van der Waals surface area contributed by atoms with Crippen molar-refractivity contribution in [1.29, 1.82) is 0 Å². The number of rotatable bonds is 1. The van der Waals surface area contributed by atoms with Crippen LogP contribution in [0.4, 0.5) is 4.79 Å². The number of likely N-dealkylation sites (tertiary alicyclic amines) is 1. The number of hydrogen-bond donors (Lipinski definition) is 1. The maximum absolute atomic E-state index is 12.3. The van der Waals surface area contributed by atoms with Crippen molar-refractivity contribution >= 4 is 17.3 Å². The van der Waals surface area contributed by atoms with Crippen molar-refractivity contribution in [2.24, 2.45) is 14.1 Å². The second-order valence-corrected chi connectivity index (χ2v) is 7.79. The van der Waals surface area contributed by atoms with E-state index in [4.69, 9.17) is 4.74 Å². The Hall–Kier alpha value is -2.58. The minimum absolute atomic E-state index is 0.0384. The van der Waals surface area contributed by atoms with Crippen LogP contribution in [0, 0.1) is 0 Å². The van der Waals surface area contributed by atoms with Crippen LogP contribution in [0.3, 0.4) is 0 Å². The van der Waals surface area contributed by atoms with Gasteiger partial charge in [0.1, 0.15) is 16.9 Å². The predicted molar refractivity (Wildman–Crippen MR) is 96.4 cm³/mol. The monoisotopic (exact) mass is 363 g/mol. The average Bonchev–Trinajstić information content (AvgIpc) is 3.02. The van der Waals surface area contributed by atoms with Crippen molar-refractivity contribution in [2.45, 2.75) is 45.1 Å². The molecule has 1 saturated heterocycles. The first-order valence-electron chi connectivity index (χ1n) is 8.72. The molecule has 1 amide bonds. The number of aryl methyl sites for hydroxylation is 1. The summed E-state index contributed by atoms with van der Waals surface area (Å²) in [6.45, 7) is 6.60. The molecule has 1 atom stereocenters. The fraction of sp³-hybridized carbons (Fsp3) is 0.647. The van der Waals surface area contributed by atoms with E-state index in [0.717, 1.165) is 17.4 Å². The van der Waals surface area contributed by atoms with Crippen molar-refractivity contribution < 1.29 is 9.53 Å². The molecule has 1 unspecified atom stereocenters. The quantitative estimate of drug-likeness (QED) is 0.817. The normalized spacial score (nSPS) is 18.3. The third-order valence-electron chi connectivity index (χ3n) is 4.57. The first-order chi connectivity index (χ1) is 12.1. The zero-order chi connectivity index (χ0) is 19.2. The summed E-state index contributed by atoms with van der Waals surface area (Å²) in [6.07, 6.45) is 1.31. The van der Waals surface area contributed by atoms with Crippen LogP contribution in [-0.2, 0) is 18.8 Å².